The van der Waals surface area contributed by atoms with E-state index in [2.05, 4.69) is 15.5 Å². The fourth-order valence-electron chi connectivity index (χ4n) is 2.59. The summed E-state index contributed by atoms with van der Waals surface area (Å²) in [6, 6.07) is 7.14. The smallest absolute Gasteiger partial charge is 0.407 e. The van der Waals surface area contributed by atoms with E-state index in [4.69, 9.17) is 11.6 Å². The summed E-state index contributed by atoms with van der Waals surface area (Å²) in [4.78, 5) is 12.6. The number of rotatable bonds is 3. The molecule has 21 heavy (non-hydrogen) atoms. The quantitative estimate of drug-likeness (QED) is 0.939. The van der Waals surface area contributed by atoms with Crippen molar-refractivity contribution in [3.63, 3.8) is 0 Å². The number of carbonyl (C=O) groups is 1. The molecule has 1 saturated heterocycles. The molecule has 1 fully saturated rings. The molecule has 1 N–H and O–H groups in total. The Morgan fingerprint density at radius 1 is 1.38 bits per heavy atom. The lowest BCUT2D eigenvalue weighted by Crippen LogP contribution is -2.30. The monoisotopic (exact) mass is 307 g/mol. The van der Waals surface area contributed by atoms with Gasteiger partial charge in [-0.3, -0.25) is 4.90 Å². The molecule has 2 heterocycles. The van der Waals surface area contributed by atoms with Crippen LogP contribution in [0.1, 0.15) is 30.3 Å². The van der Waals surface area contributed by atoms with Gasteiger partial charge in [0.25, 0.3) is 0 Å². The van der Waals surface area contributed by atoms with E-state index < -0.39 is 6.09 Å². The first-order chi connectivity index (χ1) is 10.1. The number of likely N-dealkylation sites (tertiary alicyclic amines) is 1. The minimum Gasteiger partial charge on any atom is -0.465 e. The molecule has 0 bridgehead atoms. The Balaban J connectivity index is 1.83. The van der Waals surface area contributed by atoms with Gasteiger partial charge in [-0.1, -0.05) is 23.7 Å². The van der Waals surface area contributed by atoms with E-state index in [1.165, 1.54) is 4.90 Å². The number of aromatic nitrogens is 4. The summed E-state index contributed by atoms with van der Waals surface area (Å²) in [5, 5.41) is 21.6. The Hall–Kier alpha value is -2.15. The highest BCUT2D eigenvalue weighted by Crippen LogP contribution is 2.30. The summed E-state index contributed by atoms with van der Waals surface area (Å²) in [7, 11) is 0. The molecule has 1 aliphatic rings. The molecule has 0 spiro atoms. The number of hydrogen-bond donors (Lipinski definition) is 1. The molecule has 1 unspecified atom stereocenters. The van der Waals surface area contributed by atoms with Crippen molar-refractivity contribution in [2.75, 3.05) is 6.54 Å². The second-order valence-electron chi connectivity index (χ2n) is 4.96. The summed E-state index contributed by atoms with van der Waals surface area (Å²) in [5.74, 6) is 0.588. The maximum Gasteiger partial charge on any atom is 0.407 e. The Morgan fingerprint density at radius 3 is 2.86 bits per heavy atom. The topological polar surface area (TPSA) is 84.1 Å². The number of halogens is 1. The van der Waals surface area contributed by atoms with Crippen LogP contribution in [-0.4, -0.2) is 42.9 Å². The van der Waals surface area contributed by atoms with Crippen molar-refractivity contribution >= 4 is 17.7 Å². The van der Waals surface area contributed by atoms with E-state index in [0.717, 1.165) is 18.4 Å². The van der Waals surface area contributed by atoms with Crippen LogP contribution in [0.25, 0.3) is 0 Å². The van der Waals surface area contributed by atoms with Crippen molar-refractivity contribution in [2.45, 2.75) is 25.4 Å². The second kappa shape index (κ2) is 5.69. The Labute approximate surface area is 126 Å². The second-order valence-corrected chi connectivity index (χ2v) is 5.39. The van der Waals surface area contributed by atoms with Crippen molar-refractivity contribution in [1.29, 1.82) is 0 Å². The van der Waals surface area contributed by atoms with E-state index in [9.17, 15) is 9.90 Å². The Bertz CT molecular complexity index is 642. The first kappa shape index (κ1) is 13.8. The number of carboxylic acid groups (broad SMARTS) is 1. The van der Waals surface area contributed by atoms with E-state index in [-0.39, 0.29) is 6.04 Å². The van der Waals surface area contributed by atoms with Gasteiger partial charge in [0, 0.05) is 11.6 Å². The Morgan fingerprint density at radius 2 is 2.14 bits per heavy atom. The van der Waals surface area contributed by atoms with Gasteiger partial charge in [0.05, 0.1) is 12.6 Å². The largest absolute Gasteiger partial charge is 0.465 e. The lowest BCUT2D eigenvalue weighted by Gasteiger charge is -2.20. The van der Waals surface area contributed by atoms with Crippen LogP contribution < -0.4 is 0 Å². The fraction of sp³-hybridized carbons (Fsp3) is 0.385. The van der Waals surface area contributed by atoms with E-state index in [0.29, 0.717) is 23.9 Å². The van der Waals surface area contributed by atoms with E-state index >= 15 is 0 Å². The molecular weight excluding hydrogens is 294 g/mol. The lowest BCUT2D eigenvalue weighted by atomic mass is 10.2. The van der Waals surface area contributed by atoms with Crippen molar-refractivity contribution in [3.05, 3.63) is 40.7 Å². The lowest BCUT2D eigenvalue weighted by molar-refractivity contribution is 0.137. The zero-order valence-corrected chi connectivity index (χ0v) is 11.9. The predicted molar refractivity (Wildman–Crippen MR) is 75.1 cm³/mol. The molecule has 2 aromatic rings. The molecule has 0 aliphatic carbocycles. The van der Waals surface area contributed by atoms with Crippen molar-refractivity contribution in [2.24, 2.45) is 0 Å². The molecule has 1 amide bonds. The molecule has 0 saturated carbocycles. The van der Waals surface area contributed by atoms with Gasteiger partial charge in [-0.15, -0.1) is 5.10 Å². The highest BCUT2D eigenvalue weighted by Gasteiger charge is 2.33. The average molecular weight is 308 g/mol. The summed E-state index contributed by atoms with van der Waals surface area (Å²) >= 11 is 5.86. The van der Waals surface area contributed by atoms with Crippen molar-refractivity contribution in [3.8, 4) is 0 Å². The van der Waals surface area contributed by atoms with Crippen LogP contribution in [0.5, 0.6) is 0 Å². The van der Waals surface area contributed by atoms with Gasteiger partial charge >= 0.3 is 6.09 Å². The van der Waals surface area contributed by atoms with Gasteiger partial charge < -0.3 is 5.11 Å². The zero-order chi connectivity index (χ0) is 14.8. The third-order valence-corrected chi connectivity index (χ3v) is 3.85. The average Bonchev–Trinajstić information content (AvgIpc) is 3.09. The maximum absolute atomic E-state index is 11.2. The van der Waals surface area contributed by atoms with Crippen LogP contribution in [0.15, 0.2) is 24.3 Å². The predicted octanol–water partition coefficient (Wildman–Crippen LogP) is 2.19. The molecule has 3 rings (SSSR count). The fourth-order valence-corrected chi connectivity index (χ4v) is 2.72. The zero-order valence-electron chi connectivity index (χ0n) is 11.2. The summed E-state index contributed by atoms with van der Waals surface area (Å²) < 4.78 is 1.65. The molecule has 110 valence electrons. The van der Waals surface area contributed by atoms with Gasteiger partial charge in [0.2, 0.25) is 0 Å². The third-order valence-electron chi connectivity index (χ3n) is 3.60. The number of benzene rings is 1. The molecular formula is C13H14ClN5O2. The number of nitrogens with zero attached hydrogens (tertiary/aromatic N) is 5. The Kier molecular flexibility index (Phi) is 3.74. The van der Waals surface area contributed by atoms with Gasteiger partial charge in [0.1, 0.15) is 0 Å². The SMILES string of the molecule is O=C(O)N1CCCC1c1nnnn1Cc1ccc(Cl)cc1. The normalized spacial score (nSPS) is 18.1. The van der Waals surface area contributed by atoms with Gasteiger partial charge in [-0.05, 0) is 41.0 Å². The molecule has 1 atom stereocenters. The number of hydrogen-bond acceptors (Lipinski definition) is 4. The van der Waals surface area contributed by atoms with Crippen LogP contribution in [0, 0.1) is 0 Å². The first-order valence-electron chi connectivity index (χ1n) is 6.65. The highest BCUT2D eigenvalue weighted by molar-refractivity contribution is 6.30. The third kappa shape index (κ3) is 2.82. The first-order valence-corrected chi connectivity index (χ1v) is 7.03. The minimum atomic E-state index is -0.932. The highest BCUT2D eigenvalue weighted by atomic mass is 35.5. The van der Waals surface area contributed by atoms with Crippen LogP contribution >= 0.6 is 11.6 Å². The van der Waals surface area contributed by atoms with E-state index in [1.54, 1.807) is 16.8 Å². The van der Waals surface area contributed by atoms with E-state index in [1.807, 2.05) is 12.1 Å². The van der Waals surface area contributed by atoms with Gasteiger partial charge in [-0.25, -0.2) is 9.48 Å². The maximum atomic E-state index is 11.2. The molecule has 0 radical (unpaired) electrons. The van der Waals surface area contributed by atoms with Crippen LogP contribution in [0.3, 0.4) is 0 Å². The number of tetrazole rings is 1. The van der Waals surface area contributed by atoms with Gasteiger partial charge in [0.15, 0.2) is 5.82 Å². The van der Waals surface area contributed by atoms with Crippen LogP contribution in [-0.2, 0) is 6.54 Å². The molecule has 7 nitrogen and oxygen atoms in total. The van der Waals surface area contributed by atoms with Gasteiger partial charge in [-0.2, -0.15) is 0 Å². The van der Waals surface area contributed by atoms with Crippen molar-refractivity contribution < 1.29 is 9.90 Å². The summed E-state index contributed by atoms with van der Waals surface area (Å²) in [6.45, 7) is 1.01. The number of amides is 1. The molecule has 1 aromatic carbocycles. The molecule has 1 aliphatic heterocycles. The summed E-state index contributed by atoms with van der Waals surface area (Å²) in [6.07, 6.45) is 0.636. The molecule has 8 heteroatoms. The summed E-state index contributed by atoms with van der Waals surface area (Å²) in [5.41, 5.74) is 1.01. The molecule has 1 aromatic heterocycles. The van der Waals surface area contributed by atoms with Crippen molar-refractivity contribution in [1.82, 2.24) is 25.1 Å². The van der Waals surface area contributed by atoms with Crippen LogP contribution in [0.2, 0.25) is 5.02 Å². The standard InChI is InChI=1S/C13H14ClN5O2/c14-10-5-3-9(4-6-10)8-19-12(15-16-17-19)11-2-1-7-18(11)13(20)21/h3-6,11H,1-2,7-8H2,(H,20,21). The van der Waals surface area contributed by atoms with Crippen LogP contribution in [0.4, 0.5) is 4.79 Å². The minimum absolute atomic E-state index is 0.273.